The lowest BCUT2D eigenvalue weighted by Gasteiger charge is -2.20. The highest BCUT2D eigenvalue weighted by molar-refractivity contribution is 6.09. The first-order chi connectivity index (χ1) is 12.7. The Labute approximate surface area is 162 Å². The van der Waals surface area contributed by atoms with E-state index in [2.05, 4.69) is 113 Å². The smallest absolute Gasteiger partial charge is 0.0544 e. The molecule has 0 bridgehead atoms. The molecule has 0 saturated carbocycles. The highest BCUT2D eigenvalue weighted by atomic mass is 15.0. The molecule has 1 heteroatoms. The summed E-state index contributed by atoms with van der Waals surface area (Å²) in [5, 5.41) is 2.64. The summed E-state index contributed by atoms with van der Waals surface area (Å²) in [6.45, 7) is 13.7. The van der Waals surface area contributed by atoms with Crippen molar-refractivity contribution in [1.29, 1.82) is 0 Å². The van der Waals surface area contributed by atoms with Gasteiger partial charge in [-0.15, -0.1) is 0 Å². The fourth-order valence-corrected chi connectivity index (χ4v) is 3.81. The first-order valence-corrected chi connectivity index (χ1v) is 9.81. The van der Waals surface area contributed by atoms with Gasteiger partial charge in [-0.25, -0.2) is 0 Å². The zero-order chi connectivity index (χ0) is 19.4. The molecule has 4 rings (SSSR count). The predicted molar refractivity (Wildman–Crippen MR) is 118 cm³/mol. The van der Waals surface area contributed by atoms with Gasteiger partial charge in [0.05, 0.1) is 11.0 Å². The van der Waals surface area contributed by atoms with E-state index in [4.69, 9.17) is 0 Å². The van der Waals surface area contributed by atoms with Crippen LogP contribution < -0.4 is 0 Å². The molecule has 0 aliphatic carbocycles. The van der Waals surface area contributed by atoms with Gasteiger partial charge < -0.3 is 4.57 Å². The van der Waals surface area contributed by atoms with E-state index < -0.39 is 0 Å². The van der Waals surface area contributed by atoms with Crippen molar-refractivity contribution < 1.29 is 0 Å². The van der Waals surface area contributed by atoms with Crippen molar-refractivity contribution in [1.82, 2.24) is 4.57 Å². The number of hydrogen-bond donors (Lipinski definition) is 0. The molecular weight excluding hydrogens is 326 g/mol. The standard InChI is InChI=1S/C26H29N/c1-25(2,3)18-12-14-21-22-15-13-19(26(4,5)6)17-24(22)27(23(21)16-18)20-10-8-7-9-11-20/h7-17H,1-6H3. The van der Waals surface area contributed by atoms with Gasteiger partial charge in [0.15, 0.2) is 0 Å². The zero-order valence-electron chi connectivity index (χ0n) is 17.3. The molecule has 1 nitrogen and oxygen atoms in total. The summed E-state index contributed by atoms with van der Waals surface area (Å²) in [7, 11) is 0. The van der Waals surface area contributed by atoms with Gasteiger partial charge in [-0.05, 0) is 46.2 Å². The van der Waals surface area contributed by atoms with Gasteiger partial charge in [0.1, 0.15) is 0 Å². The van der Waals surface area contributed by atoms with Crippen LogP contribution in [0.25, 0.3) is 27.5 Å². The fourth-order valence-electron chi connectivity index (χ4n) is 3.81. The lowest BCUT2D eigenvalue weighted by atomic mass is 9.86. The Balaban J connectivity index is 2.14. The van der Waals surface area contributed by atoms with Crippen molar-refractivity contribution >= 4 is 21.8 Å². The summed E-state index contributed by atoms with van der Waals surface area (Å²) in [6, 6.07) is 24.6. The molecule has 3 aromatic carbocycles. The van der Waals surface area contributed by atoms with Crippen molar-refractivity contribution in [2.75, 3.05) is 0 Å². The van der Waals surface area contributed by atoms with Crippen molar-refractivity contribution in [3.8, 4) is 5.69 Å². The third-order valence-electron chi connectivity index (χ3n) is 5.51. The van der Waals surface area contributed by atoms with Gasteiger partial charge in [-0.1, -0.05) is 84.0 Å². The molecule has 27 heavy (non-hydrogen) atoms. The topological polar surface area (TPSA) is 4.93 Å². The Kier molecular flexibility index (Phi) is 3.96. The molecule has 0 N–H and O–H groups in total. The van der Waals surface area contributed by atoms with E-state index >= 15 is 0 Å². The largest absolute Gasteiger partial charge is 0.309 e. The molecule has 0 atom stereocenters. The second-order valence-corrected chi connectivity index (χ2v) is 9.63. The highest BCUT2D eigenvalue weighted by Crippen LogP contribution is 2.37. The number of fused-ring (bicyclic) bond motifs is 3. The summed E-state index contributed by atoms with van der Waals surface area (Å²) in [4.78, 5) is 0. The van der Waals surface area contributed by atoms with E-state index in [0.29, 0.717) is 0 Å². The number of rotatable bonds is 1. The Bertz CT molecular complexity index is 1050. The molecule has 0 saturated heterocycles. The van der Waals surface area contributed by atoms with Gasteiger partial charge in [0.2, 0.25) is 0 Å². The van der Waals surface area contributed by atoms with E-state index in [1.54, 1.807) is 0 Å². The molecular formula is C26H29N. The van der Waals surface area contributed by atoms with E-state index in [1.807, 2.05) is 0 Å². The summed E-state index contributed by atoms with van der Waals surface area (Å²) in [5.74, 6) is 0. The molecule has 0 aliphatic rings. The molecule has 0 unspecified atom stereocenters. The van der Waals surface area contributed by atoms with Gasteiger partial charge in [0, 0.05) is 16.5 Å². The molecule has 1 heterocycles. The third kappa shape index (κ3) is 3.06. The minimum Gasteiger partial charge on any atom is -0.309 e. The Morgan fingerprint density at radius 3 is 1.41 bits per heavy atom. The van der Waals surface area contributed by atoms with Crippen LogP contribution in [0.1, 0.15) is 52.7 Å². The number of para-hydroxylation sites is 1. The summed E-state index contributed by atoms with van der Waals surface area (Å²) >= 11 is 0. The molecule has 138 valence electrons. The van der Waals surface area contributed by atoms with E-state index in [9.17, 15) is 0 Å². The Morgan fingerprint density at radius 2 is 1.00 bits per heavy atom. The van der Waals surface area contributed by atoms with Crippen LogP contribution in [0, 0.1) is 0 Å². The van der Waals surface area contributed by atoms with Crippen molar-refractivity contribution in [2.45, 2.75) is 52.4 Å². The number of hydrogen-bond acceptors (Lipinski definition) is 0. The number of nitrogens with zero attached hydrogens (tertiary/aromatic N) is 1. The molecule has 4 aromatic rings. The van der Waals surface area contributed by atoms with Crippen LogP contribution >= 0.6 is 0 Å². The zero-order valence-corrected chi connectivity index (χ0v) is 17.3. The molecule has 1 aromatic heterocycles. The molecule has 0 spiro atoms. The summed E-state index contributed by atoms with van der Waals surface area (Å²) in [6.07, 6.45) is 0. The predicted octanol–water partition coefficient (Wildman–Crippen LogP) is 7.38. The van der Waals surface area contributed by atoms with Crippen LogP contribution in [0.3, 0.4) is 0 Å². The van der Waals surface area contributed by atoms with Gasteiger partial charge in [-0.2, -0.15) is 0 Å². The van der Waals surface area contributed by atoms with Gasteiger partial charge in [-0.3, -0.25) is 0 Å². The van der Waals surface area contributed by atoms with Crippen molar-refractivity contribution in [2.24, 2.45) is 0 Å². The van der Waals surface area contributed by atoms with Crippen LogP contribution in [-0.2, 0) is 10.8 Å². The quantitative estimate of drug-likeness (QED) is 0.336. The first-order valence-electron chi connectivity index (χ1n) is 9.81. The van der Waals surface area contributed by atoms with Gasteiger partial charge >= 0.3 is 0 Å². The molecule has 0 amide bonds. The van der Waals surface area contributed by atoms with Crippen molar-refractivity contribution in [3.05, 3.63) is 77.9 Å². The number of benzene rings is 3. The Hall–Kier alpha value is -2.54. The minimum absolute atomic E-state index is 0.128. The van der Waals surface area contributed by atoms with Crippen LogP contribution in [-0.4, -0.2) is 4.57 Å². The normalized spacial score (nSPS) is 12.8. The first kappa shape index (κ1) is 17.9. The molecule has 0 radical (unpaired) electrons. The van der Waals surface area contributed by atoms with Crippen LogP contribution in [0.4, 0.5) is 0 Å². The second kappa shape index (κ2) is 5.99. The Morgan fingerprint density at radius 1 is 0.556 bits per heavy atom. The van der Waals surface area contributed by atoms with E-state index in [1.165, 1.54) is 38.6 Å². The van der Waals surface area contributed by atoms with Crippen molar-refractivity contribution in [3.63, 3.8) is 0 Å². The highest BCUT2D eigenvalue weighted by Gasteiger charge is 2.20. The van der Waals surface area contributed by atoms with Crippen LogP contribution in [0.15, 0.2) is 66.7 Å². The average Bonchev–Trinajstić information content (AvgIpc) is 2.94. The maximum absolute atomic E-state index is 2.43. The second-order valence-electron chi connectivity index (χ2n) is 9.63. The fraction of sp³-hybridized carbons (Fsp3) is 0.308. The number of aromatic nitrogens is 1. The minimum atomic E-state index is 0.128. The molecule has 0 fully saturated rings. The van der Waals surface area contributed by atoms with Gasteiger partial charge in [0.25, 0.3) is 0 Å². The van der Waals surface area contributed by atoms with E-state index in [-0.39, 0.29) is 10.8 Å². The monoisotopic (exact) mass is 355 g/mol. The summed E-state index contributed by atoms with van der Waals surface area (Å²) in [5.41, 5.74) is 6.78. The third-order valence-corrected chi connectivity index (χ3v) is 5.51. The van der Waals surface area contributed by atoms with E-state index in [0.717, 1.165) is 0 Å². The lowest BCUT2D eigenvalue weighted by molar-refractivity contribution is 0.591. The SMILES string of the molecule is CC(C)(C)c1ccc2c3ccc(C(C)(C)C)cc3n(-c3ccccc3)c2c1. The maximum Gasteiger partial charge on any atom is 0.0544 e. The lowest BCUT2D eigenvalue weighted by Crippen LogP contribution is -2.11. The van der Waals surface area contributed by atoms with Crippen LogP contribution in [0.2, 0.25) is 0 Å². The summed E-state index contributed by atoms with van der Waals surface area (Å²) < 4.78 is 2.43. The maximum atomic E-state index is 2.43. The molecule has 0 aliphatic heterocycles. The average molecular weight is 356 g/mol. The van der Waals surface area contributed by atoms with Crippen LogP contribution in [0.5, 0.6) is 0 Å².